The first-order valence-electron chi connectivity index (χ1n) is 9.26. The number of furan rings is 1. The summed E-state index contributed by atoms with van der Waals surface area (Å²) < 4.78 is 11.5. The van der Waals surface area contributed by atoms with E-state index in [0.717, 1.165) is 38.5 Å². The number of benzene rings is 3. The number of methoxy groups -OCH3 is 1. The van der Waals surface area contributed by atoms with Crippen LogP contribution in [0.25, 0.3) is 22.9 Å². The molecule has 0 spiro atoms. The Morgan fingerprint density at radius 2 is 1.21 bits per heavy atom. The van der Waals surface area contributed by atoms with Crippen LogP contribution in [0.2, 0.25) is 0 Å². The quantitative estimate of drug-likeness (QED) is 0.540. The average Bonchev–Trinajstić information content (AvgIpc) is 3.06. The molecule has 0 aliphatic carbocycles. The molecule has 0 N–H and O–H groups in total. The minimum atomic E-state index is 0.844. The molecule has 4 rings (SSSR count). The first-order chi connectivity index (χ1) is 13.6. The molecule has 0 radical (unpaired) electrons. The molecule has 0 amide bonds. The Bertz CT molecular complexity index is 1200. The van der Waals surface area contributed by atoms with Crippen LogP contribution in [0.5, 0.6) is 5.75 Å². The highest BCUT2D eigenvalue weighted by Crippen LogP contribution is 2.14. The van der Waals surface area contributed by atoms with Crippen LogP contribution in [-0.4, -0.2) is 21.2 Å². The summed E-state index contributed by atoms with van der Waals surface area (Å²) in [5.74, 6) is 0.844. The monoisotopic (exact) mass is 369 g/mol. The zero-order valence-electron chi connectivity index (χ0n) is 16.3. The lowest BCUT2D eigenvalue weighted by molar-refractivity contribution is 0.415. The number of hydrogen-bond donors (Lipinski definition) is 0. The molecule has 0 atom stereocenters. The van der Waals surface area contributed by atoms with Crippen molar-refractivity contribution in [3.63, 3.8) is 0 Å². The zero-order chi connectivity index (χ0) is 19.5. The minimum Gasteiger partial charge on any atom is -0.497 e. The fourth-order valence-electron chi connectivity index (χ4n) is 3.23. The summed E-state index contributed by atoms with van der Waals surface area (Å²) in [5.41, 5.74) is 5.09. The summed E-state index contributed by atoms with van der Waals surface area (Å²) in [6, 6.07) is 24.7. The van der Waals surface area contributed by atoms with Crippen LogP contribution in [0.4, 0.5) is 5.69 Å². The number of hydrogen-bond acceptors (Lipinski definition) is 3. The molecule has 3 heteroatoms. The maximum atomic E-state index is 6.25. The molecule has 3 aromatic carbocycles. The van der Waals surface area contributed by atoms with Crippen molar-refractivity contribution in [3.05, 3.63) is 94.8 Å². The molecule has 0 unspecified atom stereocenters. The number of nitrogens with zero attached hydrogens (tertiary/aromatic N) is 1. The number of anilines is 1. The van der Waals surface area contributed by atoms with Crippen molar-refractivity contribution in [2.24, 2.45) is 0 Å². The Hall–Kier alpha value is -3.46. The van der Waals surface area contributed by atoms with Gasteiger partial charge in [-0.1, -0.05) is 48.5 Å². The largest absolute Gasteiger partial charge is 0.497 e. The maximum absolute atomic E-state index is 6.25. The normalized spacial score (nSPS) is 12.5. The topological polar surface area (TPSA) is 25.6 Å². The second-order valence-corrected chi connectivity index (χ2v) is 6.92. The maximum Gasteiger partial charge on any atom is 0.136 e. The van der Waals surface area contributed by atoms with Crippen LogP contribution in [-0.2, 0) is 0 Å². The van der Waals surface area contributed by atoms with Gasteiger partial charge in [-0.15, -0.1) is 0 Å². The summed E-state index contributed by atoms with van der Waals surface area (Å²) in [6.07, 6.45) is 4.15. The summed E-state index contributed by atoms with van der Waals surface area (Å²) in [7, 11) is 5.76. The molecular formula is C25H23NO2. The third-order valence-electron chi connectivity index (χ3n) is 4.80. The first-order valence-corrected chi connectivity index (χ1v) is 9.26. The third kappa shape index (κ3) is 3.65. The molecule has 0 bridgehead atoms. The van der Waals surface area contributed by atoms with Crippen molar-refractivity contribution in [2.45, 2.75) is 0 Å². The fourth-order valence-corrected chi connectivity index (χ4v) is 3.23. The smallest absolute Gasteiger partial charge is 0.136 e. The van der Waals surface area contributed by atoms with Gasteiger partial charge >= 0.3 is 0 Å². The van der Waals surface area contributed by atoms with Crippen molar-refractivity contribution < 1.29 is 9.15 Å². The lowest BCUT2D eigenvalue weighted by Crippen LogP contribution is -2.08. The molecule has 0 saturated heterocycles. The van der Waals surface area contributed by atoms with E-state index in [2.05, 4.69) is 53.5 Å². The van der Waals surface area contributed by atoms with Crippen molar-refractivity contribution >= 4 is 28.6 Å². The highest BCUT2D eigenvalue weighted by atomic mass is 16.5. The van der Waals surface area contributed by atoms with Gasteiger partial charge in [-0.05, 0) is 47.5 Å². The van der Waals surface area contributed by atoms with Crippen molar-refractivity contribution in [2.75, 3.05) is 26.1 Å². The van der Waals surface area contributed by atoms with Gasteiger partial charge in [-0.25, -0.2) is 0 Å². The first kappa shape index (κ1) is 17.9. The van der Waals surface area contributed by atoms with Crippen LogP contribution < -0.4 is 20.5 Å². The van der Waals surface area contributed by atoms with Gasteiger partial charge in [0.15, 0.2) is 0 Å². The van der Waals surface area contributed by atoms with Crippen molar-refractivity contribution in [3.8, 4) is 5.75 Å². The summed E-state index contributed by atoms with van der Waals surface area (Å²) >= 11 is 0. The van der Waals surface area contributed by atoms with E-state index in [-0.39, 0.29) is 0 Å². The van der Waals surface area contributed by atoms with Gasteiger partial charge in [0.1, 0.15) is 16.6 Å². The van der Waals surface area contributed by atoms with Gasteiger partial charge < -0.3 is 14.1 Å². The van der Waals surface area contributed by atoms with Crippen molar-refractivity contribution in [1.82, 2.24) is 0 Å². The fraction of sp³-hybridized carbons (Fsp3) is 0.120. The van der Waals surface area contributed by atoms with Crippen LogP contribution in [0.1, 0.15) is 11.1 Å². The molecule has 4 aromatic rings. The minimum absolute atomic E-state index is 0.844. The standard InChI is InChI=1S/C25H23NO2/c1-26(2)20-12-8-18(9-13-20)16-24-22-6-4-5-7-23(22)25(28-24)17-19-10-14-21(27-3)15-11-19/h4-17H,1-3H3/b24-16+,25-17+. The van der Waals surface area contributed by atoms with Gasteiger partial charge in [0.25, 0.3) is 0 Å². The van der Waals surface area contributed by atoms with Gasteiger partial charge in [0, 0.05) is 30.6 Å². The van der Waals surface area contributed by atoms with E-state index in [1.54, 1.807) is 7.11 Å². The molecule has 3 nitrogen and oxygen atoms in total. The highest BCUT2D eigenvalue weighted by molar-refractivity contribution is 5.84. The molecule has 1 heterocycles. The van der Waals surface area contributed by atoms with Gasteiger partial charge in [0.05, 0.1) is 7.11 Å². The SMILES string of the molecule is COc1ccc(/C=c2/o/c(=C/c3ccc(N(C)C)cc3)c3ccccc23)cc1. The Kier molecular flexibility index (Phi) is 4.90. The zero-order valence-corrected chi connectivity index (χ0v) is 16.3. The molecule has 0 aliphatic rings. The summed E-state index contributed by atoms with van der Waals surface area (Å²) in [5, 5.41) is 2.22. The van der Waals surface area contributed by atoms with E-state index in [0.29, 0.717) is 0 Å². The van der Waals surface area contributed by atoms with Crippen molar-refractivity contribution in [1.29, 1.82) is 0 Å². The summed E-state index contributed by atoms with van der Waals surface area (Å²) in [6.45, 7) is 0. The average molecular weight is 369 g/mol. The van der Waals surface area contributed by atoms with Gasteiger partial charge in [0.2, 0.25) is 0 Å². The molecule has 0 fully saturated rings. The Morgan fingerprint density at radius 1 is 0.714 bits per heavy atom. The predicted octanol–water partition coefficient (Wildman–Crippen LogP) is 4.17. The van der Waals surface area contributed by atoms with Crippen LogP contribution in [0.15, 0.2) is 77.2 Å². The van der Waals surface area contributed by atoms with E-state index < -0.39 is 0 Å². The van der Waals surface area contributed by atoms with E-state index >= 15 is 0 Å². The third-order valence-corrected chi connectivity index (χ3v) is 4.80. The molecule has 28 heavy (non-hydrogen) atoms. The number of rotatable bonds is 4. The Balaban J connectivity index is 1.83. The van der Waals surface area contributed by atoms with Crippen LogP contribution in [0.3, 0.4) is 0 Å². The highest BCUT2D eigenvalue weighted by Gasteiger charge is 2.04. The lowest BCUT2D eigenvalue weighted by Gasteiger charge is -2.11. The molecule has 0 saturated carbocycles. The number of fused-ring (bicyclic) bond motifs is 1. The number of ether oxygens (including phenoxy) is 1. The molecular weight excluding hydrogens is 346 g/mol. The van der Waals surface area contributed by atoms with Crippen LogP contribution in [0, 0.1) is 0 Å². The molecule has 140 valence electrons. The van der Waals surface area contributed by atoms with E-state index in [9.17, 15) is 0 Å². The Morgan fingerprint density at radius 3 is 1.68 bits per heavy atom. The van der Waals surface area contributed by atoms with E-state index in [1.165, 1.54) is 5.69 Å². The van der Waals surface area contributed by atoms with E-state index in [1.807, 2.05) is 50.5 Å². The summed E-state index contributed by atoms with van der Waals surface area (Å²) in [4.78, 5) is 2.09. The Labute approximate surface area is 164 Å². The lowest BCUT2D eigenvalue weighted by atomic mass is 10.1. The second-order valence-electron chi connectivity index (χ2n) is 6.92. The van der Waals surface area contributed by atoms with Gasteiger partial charge in [-0.2, -0.15) is 0 Å². The van der Waals surface area contributed by atoms with E-state index in [4.69, 9.17) is 9.15 Å². The second kappa shape index (κ2) is 7.65. The predicted molar refractivity (Wildman–Crippen MR) is 116 cm³/mol. The molecule has 1 aromatic heterocycles. The van der Waals surface area contributed by atoms with Crippen LogP contribution >= 0.6 is 0 Å². The molecule has 0 aliphatic heterocycles. The van der Waals surface area contributed by atoms with Gasteiger partial charge in [-0.3, -0.25) is 0 Å².